The Kier molecular flexibility index (Phi) is 5.85. The van der Waals surface area contributed by atoms with E-state index in [4.69, 9.17) is 23.2 Å². The summed E-state index contributed by atoms with van der Waals surface area (Å²) in [6.45, 7) is 6.12. The van der Waals surface area contributed by atoms with Crippen molar-refractivity contribution in [3.8, 4) is 0 Å². The van der Waals surface area contributed by atoms with E-state index in [0.717, 1.165) is 28.8 Å². The topological polar surface area (TPSA) is 40.5 Å². The zero-order valence-corrected chi connectivity index (χ0v) is 14.1. The summed E-state index contributed by atoms with van der Waals surface area (Å²) in [5.74, 6) is 0. The number of hydrazone groups is 1. The Balaban J connectivity index is 1.99. The van der Waals surface area contributed by atoms with Crippen molar-refractivity contribution >= 4 is 51.6 Å². The first kappa shape index (κ1) is 16.1. The molecule has 0 aliphatic heterocycles. The largest absolute Gasteiger partial charge is 0.349 e. The number of rotatable bonds is 6. The molecule has 1 N–H and O–H groups in total. The summed E-state index contributed by atoms with van der Waals surface area (Å²) in [5.41, 5.74) is 3.71. The van der Waals surface area contributed by atoms with E-state index in [2.05, 4.69) is 34.3 Å². The highest BCUT2D eigenvalue weighted by Gasteiger charge is 2.06. The number of nitrogens with one attached hydrogen (secondary N) is 1. The smallest absolute Gasteiger partial charge is 0.185 e. The van der Waals surface area contributed by atoms with Crippen LogP contribution in [0.15, 0.2) is 29.5 Å². The molecule has 21 heavy (non-hydrogen) atoms. The van der Waals surface area contributed by atoms with Gasteiger partial charge in [0.2, 0.25) is 0 Å². The Hall–Kier alpha value is -1.30. The molecule has 0 amide bonds. The molecule has 0 bridgehead atoms. The maximum atomic E-state index is 5.94. The summed E-state index contributed by atoms with van der Waals surface area (Å²) >= 11 is 13.4. The normalized spacial score (nSPS) is 11.0. The molecule has 0 saturated carbocycles. The first-order chi connectivity index (χ1) is 10.1. The summed E-state index contributed by atoms with van der Waals surface area (Å²) in [4.78, 5) is 7.59. The van der Waals surface area contributed by atoms with Gasteiger partial charge in [0.15, 0.2) is 5.13 Å². The lowest BCUT2D eigenvalue weighted by Gasteiger charge is -2.16. The van der Waals surface area contributed by atoms with E-state index >= 15 is 0 Å². The van der Waals surface area contributed by atoms with Gasteiger partial charge in [-0.25, -0.2) is 4.98 Å². The number of hydrogen-bond donors (Lipinski definition) is 1. The fraction of sp³-hybridized carbons (Fsp3) is 0.286. The lowest BCUT2D eigenvalue weighted by Crippen LogP contribution is -2.21. The van der Waals surface area contributed by atoms with Gasteiger partial charge in [0.1, 0.15) is 0 Å². The maximum absolute atomic E-state index is 5.94. The van der Waals surface area contributed by atoms with Crippen molar-refractivity contribution in [2.75, 3.05) is 23.4 Å². The van der Waals surface area contributed by atoms with Gasteiger partial charge in [0.05, 0.1) is 26.8 Å². The molecule has 112 valence electrons. The average Bonchev–Trinajstić information content (AvgIpc) is 2.93. The van der Waals surface area contributed by atoms with E-state index in [1.807, 2.05) is 12.3 Å². The third-order valence-corrected chi connectivity index (χ3v) is 4.58. The van der Waals surface area contributed by atoms with Gasteiger partial charge >= 0.3 is 0 Å². The Morgan fingerprint density at radius 3 is 2.71 bits per heavy atom. The molecule has 1 heterocycles. The fourth-order valence-corrected chi connectivity index (χ4v) is 2.93. The minimum atomic E-state index is 0.499. The predicted molar refractivity (Wildman–Crippen MR) is 93.4 cm³/mol. The van der Waals surface area contributed by atoms with Crippen LogP contribution in [-0.2, 0) is 0 Å². The maximum Gasteiger partial charge on any atom is 0.185 e. The highest BCUT2D eigenvalue weighted by Crippen LogP contribution is 2.25. The molecule has 0 unspecified atom stereocenters. The number of aromatic nitrogens is 1. The van der Waals surface area contributed by atoms with Crippen molar-refractivity contribution < 1.29 is 0 Å². The average molecular weight is 343 g/mol. The summed E-state index contributed by atoms with van der Waals surface area (Å²) in [7, 11) is 0. The van der Waals surface area contributed by atoms with Crippen LogP contribution in [0.3, 0.4) is 0 Å². The Labute approximate surface area is 138 Å². The summed E-state index contributed by atoms with van der Waals surface area (Å²) in [6, 6.07) is 5.28. The lowest BCUT2D eigenvalue weighted by molar-refractivity contribution is 0.860. The zero-order chi connectivity index (χ0) is 15.2. The van der Waals surface area contributed by atoms with Crippen LogP contribution in [0.4, 0.5) is 10.8 Å². The van der Waals surface area contributed by atoms with Gasteiger partial charge in [-0.05, 0) is 32.0 Å². The first-order valence-electron chi connectivity index (χ1n) is 6.59. The highest BCUT2D eigenvalue weighted by molar-refractivity contribution is 7.17. The van der Waals surface area contributed by atoms with Crippen LogP contribution in [0.25, 0.3) is 0 Å². The Morgan fingerprint density at radius 1 is 1.29 bits per heavy atom. The van der Waals surface area contributed by atoms with Gasteiger partial charge in [0, 0.05) is 19.3 Å². The molecule has 2 aromatic rings. The lowest BCUT2D eigenvalue weighted by atomic mass is 10.3. The second-order valence-corrected chi connectivity index (χ2v) is 6.07. The second kappa shape index (κ2) is 7.64. The van der Waals surface area contributed by atoms with Crippen molar-refractivity contribution in [1.29, 1.82) is 0 Å². The summed E-state index contributed by atoms with van der Waals surface area (Å²) < 4.78 is 0. The molecule has 0 aliphatic carbocycles. The van der Waals surface area contributed by atoms with Gasteiger partial charge in [-0.1, -0.05) is 34.5 Å². The van der Waals surface area contributed by atoms with Crippen LogP contribution in [0.1, 0.15) is 18.7 Å². The standard InChI is InChI=1S/C14H16Cl2N4S/c1-3-20(4-2)14-17-8-11(21-14)9-18-19-10-5-6-12(15)13(16)7-10/h5-9,19H,3-4H2,1-2H3/b18-9+. The number of anilines is 2. The van der Waals surface area contributed by atoms with Crippen LogP contribution < -0.4 is 10.3 Å². The quantitative estimate of drug-likeness (QED) is 0.608. The third kappa shape index (κ3) is 4.33. The monoisotopic (exact) mass is 342 g/mol. The van der Waals surface area contributed by atoms with Crippen LogP contribution in [0, 0.1) is 0 Å². The SMILES string of the molecule is CCN(CC)c1ncc(/C=N/Nc2ccc(Cl)c(Cl)c2)s1. The highest BCUT2D eigenvalue weighted by atomic mass is 35.5. The molecule has 4 nitrogen and oxygen atoms in total. The van der Waals surface area contributed by atoms with Gasteiger partial charge < -0.3 is 4.90 Å². The van der Waals surface area contributed by atoms with Gasteiger partial charge in [-0.2, -0.15) is 5.10 Å². The second-order valence-electron chi connectivity index (χ2n) is 4.22. The molecule has 7 heteroatoms. The van der Waals surface area contributed by atoms with Crippen molar-refractivity contribution in [3.63, 3.8) is 0 Å². The Bertz CT molecular complexity index is 623. The van der Waals surface area contributed by atoms with E-state index in [1.54, 1.807) is 29.7 Å². The Morgan fingerprint density at radius 2 is 2.05 bits per heavy atom. The molecule has 2 rings (SSSR count). The number of hydrogen-bond acceptors (Lipinski definition) is 5. The molecular formula is C14H16Cl2N4S. The van der Waals surface area contributed by atoms with Crippen LogP contribution in [0.5, 0.6) is 0 Å². The predicted octanol–water partition coefficient (Wildman–Crippen LogP) is 4.74. The molecule has 1 aromatic carbocycles. The van der Waals surface area contributed by atoms with Crippen molar-refractivity contribution in [3.05, 3.63) is 39.3 Å². The molecule has 0 fully saturated rings. The van der Waals surface area contributed by atoms with E-state index < -0.39 is 0 Å². The fourth-order valence-electron chi connectivity index (χ4n) is 1.71. The first-order valence-corrected chi connectivity index (χ1v) is 8.16. The molecule has 0 saturated heterocycles. The van der Waals surface area contributed by atoms with Gasteiger partial charge in [-0.15, -0.1) is 0 Å². The van der Waals surface area contributed by atoms with E-state index in [0.29, 0.717) is 10.0 Å². The number of thiazole rings is 1. The van der Waals surface area contributed by atoms with Crippen molar-refractivity contribution in [1.82, 2.24) is 4.98 Å². The minimum Gasteiger partial charge on any atom is -0.349 e. The van der Waals surface area contributed by atoms with Crippen LogP contribution in [-0.4, -0.2) is 24.3 Å². The van der Waals surface area contributed by atoms with Crippen molar-refractivity contribution in [2.45, 2.75) is 13.8 Å². The third-order valence-electron chi connectivity index (χ3n) is 2.85. The molecule has 0 aliphatic rings. The minimum absolute atomic E-state index is 0.499. The van der Waals surface area contributed by atoms with E-state index in [-0.39, 0.29) is 0 Å². The number of halogens is 2. The van der Waals surface area contributed by atoms with Crippen molar-refractivity contribution in [2.24, 2.45) is 5.10 Å². The number of nitrogens with zero attached hydrogens (tertiary/aromatic N) is 3. The van der Waals surface area contributed by atoms with E-state index in [1.165, 1.54) is 0 Å². The van der Waals surface area contributed by atoms with E-state index in [9.17, 15) is 0 Å². The molecular weight excluding hydrogens is 327 g/mol. The zero-order valence-electron chi connectivity index (χ0n) is 11.8. The molecule has 0 spiro atoms. The van der Waals surface area contributed by atoms with Gasteiger partial charge in [0.25, 0.3) is 0 Å². The van der Waals surface area contributed by atoms with Crippen LogP contribution >= 0.6 is 34.5 Å². The molecule has 0 radical (unpaired) electrons. The molecule has 1 aromatic heterocycles. The number of benzene rings is 1. The van der Waals surface area contributed by atoms with Gasteiger partial charge in [-0.3, -0.25) is 5.43 Å². The summed E-state index contributed by atoms with van der Waals surface area (Å²) in [6.07, 6.45) is 3.56. The molecule has 0 atom stereocenters. The van der Waals surface area contributed by atoms with Crippen LogP contribution in [0.2, 0.25) is 10.0 Å². The summed E-state index contributed by atoms with van der Waals surface area (Å²) in [5, 5.41) is 6.22.